The Morgan fingerprint density at radius 3 is 2.55 bits per heavy atom. The second kappa shape index (κ2) is 11.6. The topological polar surface area (TPSA) is 153 Å². The lowest BCUT2D eigenvalue weighted by molar-refractivity contribution is -0.145. The Morgan fingerprint density at radius 1 is 1.24 bits per heavy atom. The fraction of sp³-hybridized carbons (Fsp3) is 0.381. The van der Waals surface area contributed by atoms with Gasteiger partial charge in [0.15, 0.2) is 11.1 Å². The average molecular weight is 495 g/mol. The van der Waals surface area contributed by atoms with Crippen LogP contribution in [0.4, 0.5) is 10.8 Å². The molecule has 2 heterocycles. The van der Waals surface area contributed by atoms with E-state index in [0.29, 0.717) is 47.2 Å². The lowest BCUT2D eigenvalue weighted by Gasteiger charge is -2.22. The number of aliphatic imine (C=N–C) groups is 1. The zero-order valence-corrected chi connectivity index (χ0v) is 20.0. The molecule has 0 spiro atoms. The van der Waals surface area contributed by atoms with Gasteiger partial charge >= 0.3 is 5.97 Å². The predicted molar refractivity (Wildman–Crippen MR) is 129 cm³/mol. The SMILES string of the molecule is COC(=O)[C@H]1CCCN1C(=O)c1sc(NC(C)=O)nc1CCc1ccc(N=C(N)N)cc1.Cl. The second-order valence-corrected chi connectivity index (χ2v) is 8.36. The molecule has 0 aliphatic carbocycles. The van der Waals surface area contributed by atoms with E-state index in [4.69, 9.17) is 16.2 Å². The summed E-state index contributed by atoms with van der Waals surface area (Å²) in [7, 11) is 1.31. The van der Waals surface area contributed by atoms with Crippen molar-refractivity contribution in [1.82, 2.24) is 9.88 Å². The molecule has 1 aromatic carbocycles. The maximum atomic E-state index is 13.3. The molecule has 1 aliphatic rings. The van der Waals surface area contributed by atoms with Crippen LogP contribution in [0.1, 0.15) is 40.7 Å². The van der Waals surface area contributed by atoms with E-state index in [0.717, 1.165) is 23.3 Å². The number of esters is 1. The van der Waals surface area contributed by atoms with Gasteiger partial charge in [-0.25, -0.2) is 14.8 Å². The van der Waals surface area contributed by atoms with Crippen molar-refractivity contribution in [2.75, 3.05) is 19.0 Å². The van der Waals surface area contributed by atoms with Crippen molar-refractivity contribution in [3.63, 3.8) is 0 Å². The molecule has 1 atom stereocenters. The number of nitrogens with one attached hydrogen (secondary N) is 1. The normalized spacial score (nSPS) is 14.8. The van der Waals surface area contributed by atoms with Crippen molar-refractivity contribution in [2.24, 2.45) is 16.5 Å². The summed E-state index contributed by atoms with van der Waals surface area (Å²) in [6, 6.07) is 6.80. The van der Waals surface area contributed by atoms with Crippen molar-refractivity contribution < 1.29 is 19.1 Å². The van der Waals surface area contributed by atoms with Crippen LogP contribution in [0, 0.1) is 0 Å². The monoisotopic (exact) mass is 494 g/mol. The first kappa shape index (κ1) is 26.1. The summed E-state index contributed by atoms with van der Waals surface area (Å²) >= 11 is 1.12. The molecule has 0 saturated carbocycles. The van der Waals surface area contributed by atoms with Gasteiger partial charge in [-0.05, 0) is 43.4 Å². The summed E-state index contributed by atoms with van der Waals surface area (Å²) in [5, 5.41) is 3.00. The number of thiazole rings is 1. The largest absolute Gasteiger partial charge is 0.467 e. The van der Waals surface area contributed by atoms with Crippen LogP contribution in [-0.2, 0) is 27.2 Å². The van der Waals surface area contributed by atoms with Crippen LogP contribution in [0.3, 0.4) is 0 Å². The number of guanidine groups is 1. The number of nitrogens with zero attached hydrogens (tertiary/aromatic N) is 3. The third-order valence-electron chi connectivity index (χ3n) is 5.01. The van der Waals surface area contributed by atoms with E-state index in [9.17, 15) is 14.4 Å². The van der Waals surface area contributed by atoms with Crippen molar-refractivity contribution in [3.8, 4) is 0 Å². The van der Waals surface area contributed by atoms with Crippen LogP contribution in [0.5, 0.6) is 0 Å². The van der Waals surface area contributed by atoms with Crippen LogP contribution in [0.25, 0.3) is 0 Å². The number of nitrogens with two attached hydrogens (primary N) is 2. The van der Waals surface area contributed by atoms with E-state index in [1.807, 2.05) is 12.1 Å². The lowest BCUT2D eigenvalue weighted by atomic mass is 10.1. The number of hydrogen-bond acceptors (Lipinski definition) is 7. The van der Waals surface area contributed by atoms with Crippen LogP contribution < -0.4 is 16.8 Å². The van der Waals surface area contributed by atoms with E-state index >= 15 is 0 Å². The number of aromatic nitrogens is 1. The molecule has 12 heteroatoms. The maximum Gasteiger partial charge on any atom is 0.328 e. The summed E-state index contributed by atoms with van der Waals surface area (Å²) in [6.07, 6.45) is 2.38. The van der Waals surface area contributed by atoms with Crippen LogP contribution in [0.15, 0.2) is 29.3 Å². The number of amides is 2. The summed E-state index contributed by atoms with van der Waals surface area (Å²) in [6.45, 7) is 1.85. The Hall–Kier alpha value is -3.18. The van der Waals surface area contributed by atoms with Gasteiger partial charge in [-0.2, -0.15) is 0 Å². The Balaban J connectivity index is 0.00000385. The smallest absolute Gasteiger partial charge is 0.328 e. The van der Waals surface area contributed by atoms with Gasteiger partial charge in [-0.15, -0.1) is 12.4 Å². The molecule has 0 unspecified atom stereocenters. The number of carbonyl (C=O) groups excluding carboxylic acids is 3. The zero-order chi connectivity index (χ0) is 23.3. The molecule has 0 radical (unpaired) electrons. The first-order valence-corrected chi connectivity index (χ1v) is 10.9. The number of carbonyl (C=O) groups is 3. The lowest BCUT2D eigenvalue weighted by Crippen LogP contribution is -2.41. The number of ether oxygens (including phenoxy) is 1. The number of methoxy groups -OCH3 is 1. The van der Waals surface area contributed by atoms with Gasteiger partial charge in [0.05, 0.1) is 18.5 Å². The third-order valence-corrected chi connectivity index (χ3v) is 6.01. The van der Waals surface area contributed by atoms with Gasteiger partial charge in [-0.3, -0.25) is 9.59 Å². The Morgan fingerprint density at radius 2 is 1.94 bits per heavy atom. The summed E-state index contributed by atoms with van der Waals surface area (Å²) in [4.78, 5) is 47.3. The summed E-state index contributed by atoms with van der Waals surface area (Å²) in [5.41, 5.74) is 13.0. The maximum absolute atomic E-state index is 13.3. The summed E-state index contributed by atoms with van der Waals surface area (Å²) in [5.74, 6) is -0.982. The molecule has 3 rings (SSSR count). The van der Waals surface area contributed by atoms with Crippen molar-refractivity contribution >= 4 is 58.3 Å². The van der Waals surface area contributed by atoms with Crippen LogP contribution >= 0.6 is 23.7 Å². The second-order valence-electron chi connectivity index (χ2n) is 7.36. The highest BCUT2D eigenvalue weighted by Gasteiger charge is 2.37. The molecule has 1 fully saturated rings. The van der Waals surface area contributed by atoms with Gasteiger partial charge in [0.1, 0.15) is 10.9 Å². The minimum atomic E-state index is -0.602. The van der Waals surface area contributed by atoms with Crippen molar-refractivity contribution in [2.45, 2.75) is 38.6 Å². The number of aryl methyl sites for hydroxylation is 2. The number of halogens is 1. The molecule has 2 amide bonds. The highest BCUT2D eigenvalue weighted by atomic mass is 35.5. The molecule has 178 valence electrons. The van der Waals surface area contributed by atoms with Crippen molar-refractivity contribution in [3.05, 3.63) is 40.4 Å². The quantitative estimate of drug-likeness (QED) is 0.302. The Kier molecular flexibility index (Phi) is 9.18. The van der Waals surface area contributed by atoms with E-state index in [-0.39, 0.29) is 30.2 Å². The first-order chi connectivity index (χ1) is 15.3. The zero-order valence-electron chi connectivity index (χ0n) is 18.4. The number of likely N-dealkylation sites (tertiary alicyclic amines) is 1. The Bertz CT molecular complexity index is 1040. The highest BCUT2D eigenvalue weighted by Crippen LogP contribution is 2.29. The Labute approximate surface area is 201 Å². The molecule has 1 saturated heterocycles. The van der Waals surface area contributed by atoms with Gasteiger partial charge in [0.25, 0.3) is 5.91 Å². The standard InChI is InChI=1S/C21H26N6O4S.ClH/c1-12(28)24-21-26-15(10-7-13-5-8-14(9-6-13)25-20(22)23)17(32-21)18(29)27-11-3-4-16(27)19(30)31-2;/h5-6,8-9,16H,3-4,7,10-11H2,1-2H3,(H4,22,23,25)(H,24,26,28);1H/t16-;/m1./s1. The summed E-state index contributed by atoms with van der Waals surface area (Å²) < 4.78 is 4.85. The third kappa shape index (κ3) is 6.65. The minimum absolute atomic E-state index is 0. The van der Waals surface area contributed by atoms with E-state index < -0.39 is 12.0 Å². The number of benzene rings is 1. The van der Waals surface area contributed by atoms with Gasteiger partial charge in [-0.1, -0.05) is 23.5 Å². The predicted octanol–water partition coefficient (Wildman–Crippen LogP) is 1.99. The average Bonchev–Trinajstić information content (AvgIpc) is 3.38. The molecule has 1 aromatic heterocycles. The number of rotatable bonds is 7. The molecule has 1 aliphatic heterocycles. The van der Waals surface area contributed by atoms with Gasteiger partial charge in [0.2, 0.25) is 5.91 Å². The highest BCUT2D eigenvalue weighted by molar-refractivity contribution is 7.17. The molecule has 0 bridgehead atoms. The van der Waals surface area contributed by atoms with E-state index in [1.165, 1.54) is 18.9 Å². The molecule has 10 nitrogen and oxygen atoms in total. The van der Waals surface area contributed by atoms with Crippen LogP contribution in [0.2, 0.25) is 0 Å². The fourth-order valence-corrected chi connectivity index (χ4v) is 4.58. The fourth-order valence-electron chi connectivity index (χ4n) is 3.56. The van der Waals surface area contributed by atoms with Gasteiger partial charge < -0.3 is 26.4 Å². The van der Waals surface area contributed by atoms with Crippen LogP contribution in [-0.4, -0.2) is 53.3 Å². The minimum Gasteiger partial charge on any atom is -0.467 e. The van der Waals surface area contributed by atoms with E-state index in [2.05, 4.69) is 15.3 Å². The molecule has 2 aromatic rings. The van der Waals surface area contributed by atoms with E-state index in [1.54, 1.807) is 12.1 Å². The molecular weight excluding hydrogens is 468 g/mol. The molecule has 5 N–H and O–H groups in total. The number of anilines is 1. The van der Waals surface area contributed by atoms with Gasteiger partial charge in [0, 0.05) is 13.5 Å². The molecule has 33 heavy (non-hydrogen) atoms. The number of hydrogen-bond donors (Lipinski definition) is 3. The molecular formula is C21H27ClN6O4S. The van der Waals surface area contributed by atoms with Crippen molar-refractivity contribution in [1.29, 1.82) is 0 Å². The first-order valence-electron chi connectivity index (χ1n) is 10.1.